The number of carbonyl (C=O) groups is 1. The van der Waals surface area contributed by atoms with E-state index in [1.54, 1.807) is 28.8 Å². The number of ether oxygens (including phenoxy) is 1. The number of rotatable bonds is 7. The molecule has 2 heterocycles. The van der Waals surface area contributed by atoms with Gasteiger partial charge in [-0.15, -0.1) is 5.10 Å². The van der Waals surface area contributed by atoms with Gasteiger partial charge in [-0.25, -0.2) is 9.50 Å². The number of thioether (sulfide) groups is 1. The molecule has 0 aliphatic rings. The number of aliphatic hydroxyl groups excluding tert-OH is 1. The van der Waals surface area contributed by atoms with Crippen LogP contribution in [0.5, 0.6) is 5.75 Å². The lowest BCUT2D eigenvalue weighted by Crippen LogP contribution is -2.20. The van der Waals surface area contributed by atoms with Crippen LogP contribution in [0.2, 0.25) is 0 Å². The highest BCUT2D eigenvalue weighted by Gasteiger charge is 2.12. The minimum Gasteiger partial charge on any atom is -0.491 e. The smallest absolute Gasteiger partial charge is 0.253 e. The second-order valence-corrected chi connectivity index (χ2v) is 6.99. The maximum Gasteiger partial charge on any atom is 0.253 e. The SMILES string of the molecule is CC(=O)c1ccc(OC[C@@H](O)CSc2nc3nc(C)cc(C)n3n2)cc1. The third kappa shape index (κ3) is 4.39. The van der Waals surface area contributed by atoms with Gasteiger partial charge in [-0.05, 0) is 51.1 Å². The standard InChI is InChI=1S/C18H20N4O3S/c1-11-8-12(2)22-17(19-11)20-18(21-22)26-10-15(24)9-25-16-6-4-14(5-7-16)13(3)23/h4-8,15,24H,9-10H2,1-3H3/t15-/m1/s1. The highest BCUT2D eigenvalue weighted by atomic mass is 32.2. The zero-order valence-electron chi connectivity index (χ0n) is 14.8. The van der Waals surface area contributed by atoms with Crippen molar-refractivity contribution in [2.75, 3.05) is 12.4 Å². The normalized spacial score (nSPS) is 12.3. The molecule has 0 aliphatic heterocycles. The molecule has 0 radical (unpaired) electrons. The Hall–Kier alpha value is -2.45. The molecule has 0 unspecified atom stereocenters. The molecule has 0 fully saturated rings. The van der Waals surface area contributed by atoms with E-state index in [0.717, 1.165) is 11.4 Å². The second kappa shape index (κ2) is 7.84. The van der Waals surface area contributed by atoms with Gasteiger partial charge in [-0.3, -0.25) is 4.79 Å². The van der Waals surface area contributed by atoms with Gasteiger partial charge in [-0.2, -0.15) is 4.98 Å². The van der Waals surface area contributed by atoms with Gasteiger partial charge in [0.25, 0.3) is 5.78 Å². The van der Waals surface area contributed by atoms with Crippen molar-refractivity contribution in [1.29, 1.82) is 0 Å². The number of nitrogens with zero attached hydrogens (tertiary/aromatic N) is 4. The van der Waals surface area contributed by atoms with Crippen LogP contribution in [-0.4, -0.2) is 48.9 Å². The van der Waals surface area contributed by atoms with Crippen LogP contribution >= 0.6 is 11.8 Å². The largest absolute Gasteiger partial charge is 0.491 e. The maximum absolute atomic E-state index is 11.2. The van der Waals surface area contributed by atoms with Gasteiger partial charge >= 0.3 is 0 Å². The Balaban J connectivity index is 1.53. The van der Waals surface area contributed by atoms with E-state index >= 15 is 0 Å². The van der Waals surface area contributed by atoms with E-state index < -0.39 is 6.10 Å². The van der Waals surface area contributed by atoms with E-state index in [1.807, 2.05) is 19.9 Å². The van der Waals surface area contributed by atoms with Gasteiger partial charge in [0.1, 0.15) is 12.4 Å². The summed E-state index contributed by atoms with van der Waals surface area (Å²) in [6.45, 7) is 5.53. The quantitative estimate of drug-likeness (QED) is 0.503. The molecule has 3 rings (SSSR count). The number of aryl methyl sites for hydroxylation is 2. The van der Waals surface area contributed by atoms with Gasteiger partial charge in [0.2, 0.25) is 5.16 Å². The van der Waals surface area contributed by atoms with E-state index in [4.69, 9.17) is 4.74 Å². The van der Waals surface area contributed by atoms with Gasteiger partial charge < -0.3 is 9.84 Å². The maximum atomic E-state index is 11.2. The van der Waals surface area contributed by atoms with E-state index in [2.05, 4.69) is 15.1 Å². The molecule has 26 heavy (non-hydrogen) atoms. The fourth-order valence-corrected chi connectivity index (χ4v) is 3.13. The zero-order chi connectivity index (χ0) is 18.7. The van der Waals surface area contributed by atoms with Crippen molar-refractivity contribution >= 4 is 23.3 Å². The van der Waals surface area contributed by atoms with Crippen LogP contribution in [0.4, 0.5) is 0 Å². The molecule has 1 aromatic carbocycles. The lowest BCUT2D eigenvalue weighted by molar-refractivity contribution is 0.101. The predicted octanol–water partition coefficient (Wildman–Crippen LogP) is 2.48. The zero-order valence-corrected chi connectivity index (χ0v) is 15.7. The van der Waals surface area contributed by atoms with Crippen LogP contribution in [0.1, 0.15) is 28.7 Å². The van der Waals surface area contributed by atoms with Crippen LogP contribution in [0.3, 0.4) is 0 Å². The molecular weight excluding hydrogens is 352 g/mol. The van der Waals surface area contributed by atoms with E-state index in [9.17, 15) is 9.90 Å². The van der Waals surface area contributed by atoms with Crippen LogP contribution in [0.25, 0.3) is 5.78 Å². The van der Waals surface area contributed by atoms with Crippen LogP contribution < -0.4 is 4.74 Å². The first kappa shape index (κ1) is 18.3. The summed E-state index contributed by atoms with van der Waals surface area (Å²) in [4.78, 5) is 20.0. The third-order valence-electron chi connectivity index (χ3n) is 3.71. The highest BCUT2D eigenvalue weighted by molar-refractivity contribution is 7.99. The fourth-order valence-electron chi connectivity index (χ4n) is 2.41. The highest BCUT2D eigenvalue weighted by Crippen LogP contribution is 2.17. The van der Waals surface area contributed by atoms with Crippen molar-refractivity contribution < 1.29 is 14.6 Å². The number of Topliss-reactive ketones (excluding diaryl/α,β-unsaturated/α-hetero) is 1. The van der Waals surface area contributed by atoms with Gasteiger partial charge in [0.15, 0.2) is 5.78 Å². The Morgan fingerprint density at radius 1 is 1.27 bits per heavy atom. The first-order chi connectivity index (χ1) is 12.4. The lowest BCUT2D eigenvalue weighted by Gasteiger charge is -2.11. The number of fused-ring (bicyclic) bond motifs is 1. The lowest BCUT2D eigenvalue weighted by atomic mass is 10.1. The summed E-state index contributed by atoms with van der Waals surface area (Å²) in [6.07, 6.45) is -0.671. The van der Waals surface area contributed by atoms with E-state index in [1.165, 1.54) is 18.7 Å². The van der Waals surface area contributed by atoms with E-state index in [-0.39, 0.29) is 12.4 Å². The molecule has 0 saturated carbocycles. The number of hydrogen-bond acceptors (Lipinski definition) is 7. The summed E-state index contributed by atoms with van der Waals surface area (Å²) in [7, 11) is 0. The van der Waals surface area contributed by atoms with E-state index in [0.29, 0.717) is 28.0 Å². The molecule has 0 amide bonds. The summed E-state index contributed by atoms with van der Waals surface area (Å²) >= 11 is 1.35. The Morgan fingerprint density at radius 3 is 2.69 bits per heavy atom. The Bertz CT molecular complexity index is 924. The van der Waals surface area contributed by atoms with Crippen molar-refractivity contribution in [3.63, 3.8) is 0 Å². The summed E-state index contributed by atoms with van der Waals surface area (Å²) < 4.78 is 7.24. The molecule has 1 N–H and O–H groups in total. The molecule has 7 nitrogen and oxygen atoms in total. The summed E-state index contributed by atoms with van der Waals surface area (Å²) in [5, 5.41) is 15.1. The minimum atomic E-state index is -0.671. The van der Waals surface area contributed by atoms with Crippen molar-refractivity contribution in [1.82, 2.24) is 19.6 Å². The van der Waals surface area contributed by atoms with Gasteiger partial charge in [-0.1, -0.05) is 11.8 Å². The average molecular weight is 372 g/mol. The molecule has 3 aromatic rings. The molecule has 8 heteroatoms. The summed E-state index contributed by atoms with van der Waals surface area (Å²) in [6, 6.07) is 8.79. The average Bonchev–Trinajstić information content (AvgIpc) is 3.01. The van der Waals surface area contributed by atoms with Crippen molar-refractivity contribution in [2.45, 2.75) is 32.0 Å². The molecule has 0 spiro atoms. The first-order valence-corrected chi connectivity index (χ1v) is 9.16. The Kier molecular flexibility index (Phi) is 5.53. The Morgan fingerprint density at radius 2 is 2.00 bits per heavy atom. The van der Waals surface area contributed by atoms with Crippen LogP contribution in [0.15, 0.2) is 35.5 Å². The summed E-state index contributed by atoms with van der Waals surface area (Å²) in [5.41, 5.74) is 2.48. The molecule has 2 aromatic heterocycles. The van der Waals surface area contributed by atoms with Gasteiger partial charge in [0, 0.05) is 22.7 Å². The topological polar surface area (TPSA) is 89.6 Å². The molecule has 0 saturated heterocycles. The van der Waals surface area contributed by atoms with Crippen molar-refractivity contribution in [3.8, 4) is 5.75 Å². The monoisotopic (exact) mass is 372 g/mol. The second-order valence-electron chi connectivity index (χ2n) is 6.00. The number of aliphatic hydroxyl groups is 1. The molecule has 1 atom stereocenters. The number of ketones is 1. The number of hydrogen-bond donors (Lipinski definition) is 1. The fraction of sp³-hybridized carbons (Fsp3) is 0.333. The van der Waals surface area contributed by atoms with Crippen molar-refractivity contribution in [2.24, 2.45) is 0 Å². The molecule has 0 bridgehead atoms. The first-order valence-electron chi connectivity index (χ1n) is 8.18. The number of benzene rings is 1. The van der Waals surface area contributed by atoms with Crippen LogP contribution in [0, 0.1) is 13.8 Å². The van der Waals surface area contributed by atoms with Gasteiger partial charge in [0.05, 0.1) is 6.10 Å². The summed E-state index contributed by atoms with van der Waals surface area (Å²) in [5.74, 6) is 1.58. The molecule has 136 valence electrons. The molecular formula is C18H20N4O3S. The number of aromatic nitrogens is 4. The third-order valence-corrected chi connectivity index (χ3v) is 4.69. The van der Waals surface area contributed by atoms with Crippen molar-refractivity contribution in [3.05, 3.63) is 47.3 Å². The molecule has 0 aliphatic carbocycles. The minimum absolute atomic E-state index is 0.00728. The number of carbonyl (C=O) groups excluding carboxylic acids is 1. The van der Waals surface area contributed by atoms with Crippen LogP contribution in [-0.2, 0) is 0 Å². The predicted molar refractivity (Wildman–Crippen MR) is 98.9 cm³/mol. The Labute approximate surface area is 155 Å².